The average molecular weight is 283 g/mol. The SMILES string of the molecule is Oc1ccc2ccnc(N3CCCC3CNC3CC3)c2c1. The van der Waals surface area contributed by atoms with Crippen LogP contribution in [0.25, 0.3) is 10.8 Å². The minimum Gasteiger partial charge on any atom is -0.508 e. The molecule has 1 unspecified atom stereocenters. The van der Waals surface area contributed by atoms with E-state index in [9.17, 15) is 5.11 Å². The number of phenolic OH excluding ortho intramolecular Hbond substituents is 1. The van der Waals surface area contributed by atoms with E-state index in [0.717, 1.165) is 35.7 Å². The molecule has 1 aromatic heterocycles. The standard InChI is InChI=1S/C17H21N3O/c21-15-6-3-12-7-8-18-17(16(12)10-15)20-9-1-2-14(20)11-19-13-4-5-13/h3,6-8,10,13-14,19,21H,1-2,4-5,9,11H2. The number of hydrogen-bond donors (Lipinski definition) is 2. The summed E-state index contributed by atoms with van der Waals surface area (Å²) in [5.74, 6) is 1.33. The van der Waals surface area contributed by atoms with Crippen molar-refractivity contribution >= 4 is 16.6 Å². The fourth-order valence-electron chi connectivity index (χ4n) is 3.29. The molecule has 1 aliphatic carbocycles. The van der Waals surface area contributed by atoms with E-state index in [4.69, 9.17) is 0 Å². The van der Waals surface area contributed by atoms with Crippen LogP contribution in [-0.4, -0.2) is 35.3 Å². The van der Waals surface area contributed by atoms with E-state index >= 15 is 0 Å². The number of aromatic hydroxyl groups is 1. The first-order valence-corrected chi connectivity index (χ1v) is 7.89. The summed E-state index contributed by atoms with van der Waals surface area (Å²) in [7, 11) is 0. The first kappa shape index (κ1) is 12.9. The molecule has 2 aromatic rings. The Kier molecular flexibility index (Phi) is 3.19. The zero-order valence-electron chi connectivity index (χ0n) is 12.1. The maximum absolute atomic E-state index is 9.79. The Balaban J connectivity index is 1.65. The molecule has 1 atom stereocenters. The van der Waals surface area contributed by atoms with Crippen LogP contribution in [0.15, 0.2) is 30.5 Å². The highest BCUT2D eigenvalue weighted by Gasteiger charge is 2.29. The van der Waals surface area contributed by atoms with Gasteiger partial charge in [0, 0.05) is 36.8 Å². The summed E-state index contributed by atoms with van der Waals surface area (Å²) < 4.78 is 0. The number of phenols is 1. The van der Waals surface area contributed by atoms with Crippen LogP contribution in [-0.2, 0) is 0 Å². The smallest absolute Gasteiger partial charge is 0.136 e. The second kappa shape index (κ2) is 5.19. The van der Waals surface area contributed by atoms with Crippen molar-refractivity contribution in [3.05, 3.63) is 30.5 Å². The molecule has 0 spiro atoms. The summed E-state index contributed by atoms with van der Waals surface area (Å²) in [6.07, 6.45) is 6.96. The lowest BCUT2D eigenvalue weighted by atomic mass is 10.1. The highest BCUT2D eigenvalue weighted by molar-refractivity contribution is 5.93. The van der Waals surface area contributed by atoms with Crippen molar-refractivity contribution in [1.82, 2.24) is 10.3 Å². The van der Waals surface area contributed by atoms with E-state index in [0.29, 0.717) is 11.8 Å². The monoisotopic (exact) mass is 283 g/mol. The Morgan fingerprint density at radius 2 is 2.14 bits per heavy atom. The van der Waals surface area contributed by atoms with Gasteiger partial charge in [0.15, 0.2) is 0 Å². The number of anilines is 1. The van der Waals surface area contributed by atoms with Gasteiger partial charge in [0.05, 0.1) is 0 Å². The van der Waals surface area contributed by atoms with Gasteiger partial charge in [-0.15, -0.1) is 0 Å². The van der Waals surface area contributed by atoms with Crippen molar-refractivity contribution in [2.75, 3.05) is 18.0 Å². The van der Waals surface area contributed by atoms with Crippen LogP contribution in [0.1, 0.15) is 25.7 Å². The molecular formula is C17H21N3O. The van der Waals surface area contributed by atoms with Gasteiger partial charge in [0.1, 0.15) is 11.6 Å². The predicted octanol–water partition coefficient (Wildman–Crippen LogP) is 2.66. The molecule has 21 heavy (non-hydrogen) atoms. The molecule has 2 aliphatic rings. The Morgan fingerprint density at radius 1 is 1.24 bits per heavy atom. The molecule has 1 aromatic carbocycles. The number of nitrogens with one attached hydrogen (secondary N) is 1. The first-order valence-electron chi connectivity index (χ1n) is 7.89. The number of rotatable bonds is 4. The summed E-state index contributed by atoms with van der Waals surface area (Å²) in [6.45, 7) is 2.10. The van der Waals surface area contributed by atoms with Gasteiger partial charge >= 0.3 is 0 Å². The van der Waals surface area contributed by atoms with Crippen molar-refractivity contribution in [3.8, 4) is 5.75 Å². The maximum atomic E-state index is 9.79. The third kappa shape index (κ3) is 2.56. The van der Waals surface area contributed by atoms with Crippen LogP contribution < -0.4 is 10.2 Å². The lowest BCUT2D eigenvalue weighted by Gasteiger charge is -2.27. The molecule has 2 fully saturated rings. The van der Waals surface area contributed by atoms with E-state index in [-0.39, 0.29) is 0 Å². The molecule has 110 valence electrons. The van der Waals surface area contributed by atoms with Gasteiger partial charge in [-0.3, -0.25) is 0 Å². The quantitative estimate of drug-likeness (QED) is 0.905. The highest BCUT2D eigenvalue weighted by Crippen LogP contribution is 2.32. The molecule has 4 nitrogen and oxygen atoms in total. The van der Waals surface area contributed by atoms with Gasteiger partial charge < -0.3 is 15.3 Å². The number of benzene rings is 1. The lowest BCUT2D eigenvalue weighted by molar-refractivity contribution is 0.476. The fraction of sp³-hybridized carbons (Fsp3) is 0.471. The Morgan fingerprint density at radius 3 is 3.00 bits per heavy atom. The van der Waals surface area contributed by atoms with Crippen LogP contribution in [0, 0.1) is 0 Å². The second-order valence-electron chi connectivity index (χ2n) is 6.21. The van der Waals surface area contributed by atoms with Crippen LogP contribution in [0.5, 0.6) is 5.75 Å². The number of aromatic nitrogens is 1. The number of pyridine rings is 1. The van der Waals surface area contributed by atoms with Gasteiger partial charge in [0.25, 0.3) is 0 Å². The minimum atomic E-state index is 0.309. The lowest BCUT2D eigenvalue weighted by Crippen LogP contribution is -2.39. The van der Waals surface area contributed by atoms with Gasteiger partial charge in [-0.1, -0.05) is 6.07 Å². The molecule has 0 radical (unpaired) electrons. The largest absolute Gasteiger partial charge is 0.508 e. The summed E-state index contributed by atoms with van der Waals surface area (Å²) in [5.41, 5.74) is 0. The average Bonchev–Trinajstić information content (AvgIpc) is 3.21. The van der Waals surface area contributed by atoms with E-state index < -0.39 is 0 Å². The molecule has 1 saturated heterocycles. The Labute approximate surface area is 124 Å². The Hall–Kier alpha value is -1.81. The van der Waals surface area contributed by atoms with Crippen molar-refractivity contribution in [2.45, 2.75) is 37.8 Å². The van der Waals surface area contributed by atoms with Gasteiger partial charge in [0.2, 0.25) is 0 Å². The number of nitrogens with zero attached hydrogens (tertiary/aromatic N) is 2. The molecule has 4 heteroatoms. The molecule has 2 N–H and O–H groups in total. The van der Waals surface area contributed by atoms with Crippen molar-refractivity contribution in [3.63, 3.8) is 0 Å². The van der Waals surface area contributed by atoms with Gasteiger partial charge in [-0.2, -0.15) is 0 Å². The second-order valence-corrected chi connectivity index (χ2v) is 6.21. The Bertz CT molecular complexity index is 654. The zero-order valence-corrected chi connectivity index (χ0v) is 12.1. The molecule has 1 saturated carbocycles. The third-order valence-corrected chi connectivity index (χ3v) is 4.60. The normalized spacial score (nSPS) is 22.1. The number of fused-ring (bicyclic) bond motifs is 1. The molecular weight excluding hydrogens is 262 g/mol. The maximum Gasteiger partial charge on any atom is 0.136 e. The van der Waals surface area contributed by atoms with Gasteiger partial charge in [-0.25, -0.2) is 4.98 Å². The summed E-state index contributed by atoms with van der Waals surface area (Å²) in [6, 6.07) is 8.81. The number of hydrogen-bond acceptors (Lipinski definition) is 4. The molecule has 1 aliphatic heterocycles. The van der Waals surface area contributed by atoms with E-state index in [1.165, 1.54) is 25.7 Å². The summed E-state index contributed by atoms with van der Waals surface area (Å²) >= 11 is 0. The summed E-state index contributed by atoms with van der Waals surface area (Å²) in [4.78, 5) is 7.02. The summed E-state index contributed by atoms with van der Waals surface area (Å²) in [5, 5.41) is 15.6. The molecule has 2 heterocycles. The van der Waals surface area contributed by atoms with Crippen LogP contribution in [0.2, 0.25) is 0 Å². The van der Waals surface area contributed by atoms with Gasteiger partial charge in [-0.05, 0) is 49.3 Å². The van der Waals surface area contributed by atoms with Crippen LogP contribution in [0.4, 0.5) is 5.82 Å². The fourth-order valence-corrected chi connectivity index (χ4v) is 3.29. The van der Waals surface area contributed by atoms with E-state index in [1.54, 1.807) is 6.07 Å². The highest BCUT2D eigenvalue weighted by atomic mass is 16.3. The van der Waals surface area contributed by atoms with E-state index in [1.807, 2.05) is 24.4 Å². The van der Waals surface area contributed by atoms with Crippen molar-refractivity contribution < 1.29 is 5.11 Å². The topological polar surface area (TPSA) is 48.4 Å². The van der Waals surface area contributed by atoms with Crippen molar-refractivity contribution in [2.24, 2.45) is 0 Å². The zero-order chi connectivity index (χ0) is 14.2. The third-order valence-electron chi connectivity index (χ3n) is 4.60. The van der Waals surface area contributed by atoms with Crippen molar-refractivity contribution in [1.29, 1.82) is 0 Å². The molecule has 0 amide bonds. The van der Waals surface area contributed by atoms with Crippen LogP contribution >= 0.6 is 0 Å². The molecule has 0 bridgehead atoms. The van der Waals surface area contributed by atoms with Crippen LogP contribution in [0.3, 0.4) is 0 Å². The molecule has 4 rings (SSSR count). The first-order chi connectivity index (χ1) is 10.3. The van der Waals surface area contributed by atoms with E-state index in [2.05, 4.69) is 15.2 Å². The predicted molar refractivity (Wildman–Crippen MR) is 84.8 cm³/mol. The minimum absolute atomic E-state index is 0.309.